The Labute approximate surface area is 102 Å². The molecule has 0 bridgehead atoms. The predicted octanol–water partition coefficient (Wildman–Crippen LogP) is 1.77. The van der Waals surface area contributed by atoms with Crippen molar-refractivity contribution in [3.8, 4) is 0 Å². The molecule has 0 aliphatic carbocycles. The molecule has 1 rings (SSSR count). The van der Waals surface area contributed by atoms with Crippen LogP contribution in [0, 0.1) is 11.6 Å². The summed E-state index contributed by atoms with van der Waals surface area (Å²) >= 11 is 0. The van der Waals surface area contributed by atoms with Gasteiger partial charge in [-0.2, -0.15) is 13.2 Å². The summed E-state index contributed by atoms with van der Waals surface area (Å²) in [6, 6.07) is -0.773. The summed E-state index contributed by atoms with van der Waals surface area (Å²) in [5, 5.41) is 9.83. The number of alkyl halides is 3. The van der Waals surface area contributed by atoms with Crippen molar-refractivity contribution in [2.45, 2.75) is 12.2 Å². The molecule has 0 aliphatic rings. The third kappa shape index (κ3) is 3.90. The zero-order chi connectivity index (χ0) is 14.8. The first-order valence-corrected chi connectivity index (χ1v) is 4.67. The van der Waals surface area contributed by atoms with Crippen molar-refractivity contribution < 1.29 is 36.6 Å². The molecule has 1 amide bonds. The van der Waals surface area contributed by atoms with Crippen molar-refractivity contribution in [1.82, 2.24) is 5.32 Å². The van der Waals surface area contributed by atoms with Crippen molar-refractivity contribution in [3.63, 3.8) is 0 Å². The van der Waals surface area contributed by atoms with Crippen LogP contribution in [0.15, 0.2) is 18.2 Å². The minimum Gasteiger partial charge on any atom is -0.479 e. The third-order valence-corrected chi connectivity index (χ3v) is 2.00. The fourth-order valence-corrected chi connectivity index (χ4v) is 1.24. The molecule has 4 nitrogen and oxygen atoms in total. The van der Waals surface area contributed by atoms with E-state index in [0.717, 1.165) is 5.32 Å². The number of carbonyl (C=O) groups excluding carboxylic acids is 1. The van der Waals surface area contributed by atoms with Gasteiger partial charge in [-0.3, -0.25) is 4.79 Å². The van der Waals surface area contributed by atoms with E-state index < -0.39 is 41.3 Å². The maximum Gasteiger partial charge on any atom is 0.471 e. The number of hydrogen-bond donors (Lipinski definition) is 2. The summed E-state index contributed by atoms with van der Waals surface area (Å²) in [6.07, 6.45) is -5.31. The average molecular weight is 283 g/mol. The summed E-state index contributed by atoms with van der Waals surface area (Å²) in [5.41, 5.74) is -0.650. The van der Waals surface area contributed by atoms with Gasteiger partial charge >= 0.3 is 18.1 Å². The molecule has 0 saturated carbocycles. The molecule has 0 radical (unpaired) electrons. The molecule has 0 fully saturated rings. The van der Waals surface area contributed by atoms with Crippen LogP contribution in [0.1, 0.15) is 11.6 Å². The molecule has 2 N–H and O–H groups in total. The first kappa shape index (κ1) is 14.9. The molecule has 0 spiro atoms. The van der Waals surface area contributed by atoms with Gasteiger partial charge < -0.3 is 10.4 Å². The molecule has 104 valence electrons. The Balaban J connectivity index is 3.08. The summed E-state index contributed by atoms with van der Waals surface area (Å²) in [4.78, 5) is 21.4. The Morgan fingerprint density at radius 1 is 1.11 bits per heavy atom. The number of carboxylic acid groups (broad SMARTS) is 1. The second kappa shape index (κ2) is 5.21. The zero-order valence-electron chi connectivity index (χ0n) is 8.96. The molecule has 1 aromatic carbocycles. The van der Waals surface area contributed by atoms with Crippen LogP contribution < -0.4 is 5.32 Å². The SMILES string of the molecule is O=C(O)C(NC(=O)C(F)(F)F)c1cc(F)cc(F)c1. The number of rotatable bonds is 3. The highest BCUT2D eigenvalue weighted by Crippen LogP contribution is 2.20. The van der Waals surface area contributed by atoms with Gasteiger partial charge in [0.25, 0.3) is 0 Å². The van der Waals surface area contributed by atoms with Crippen LogP contribution in [0.5, 0.6) is 0 Å². The molecule has 0 aromatic heterocycles. The smallest absolute Gasteiger partial charge is 0.471 e. The molecular formula is C10H6F5NO3. The van der Waals surface area contributed by atoms with Gasteiger partial charge in [0, 0.05) is 6.07 Å². The highest BCUT2D eigenvalue weighted by Gasteiger charge is 2.41. The van der Waals surface area contributed by atoms with E-state index in [1.807, 2.05) is 0 Å². The lowest BCUT2D eigenvalue weighted by Gasteiger charge is -2.16. The van der Waals surface area contributed by atoms with E-state index in [4.69, 9.17) is 5.11 Å². The number of carboxylic acids is 1. The second-order valence-electron chi connectivity index (χ2n) is 3.45. The van der Waals surface area contributed by atoms with Crippen LogP contribution >= 0.6 is 0 Å². The molecule has 1 atom stereocenters. The van der Waals surface area contributed by atoms with Gasteiger partial charge in [0.15, 0.2) is 6.04 Å². The van der Waals surface area contributed by atoms with Crippen LogP contribution in [-0.4, -0.2) is 23.2 Å². The van der Waals surface area contributed by atoms with Gasteiger partial charge in [-0.25, -0.2) is 13.6 Å². The Morgan fingerprint density at radius 2 is 1.58 bits per heavy atom. The molecular weight excluding hydrogens is 277 g/mol. The van der Waals surface area contributed by atoms with Crippen molar-refractivity contribution in [2.24, 2.45) is 0 Å². The zero-order valence-corrected chi connectivity index (χ0v) is 8.96. The highest BCUT2D eigenvalue weighted by molar-refractivity contribution is 5.87. The summed E-state index contributed by atoms with van der Waals surface area (Å²) in [7, 11) is 0. The van der Waals surface area contributed by atoms with Crippen molar-refractivity contribution >= 4 is 11.9 Å². The van der Waals surface area contributed by atoms with E-state index in [2.05, 4.69) is 0 Å². The number of nitrogens with one attached hydrogen (secondary N) is 1. The van der Waals surface area contributed by atoms with Gasteiger partial charge in [0.1, 0.15) is 11.6 Å². The van der Waals surface area contributed by atoms with E-state index in [9.17, 15) is 31.5 Å². The van der Waals surface area contributed by atoms with Gasteiger partial charge in [0.05, 0.1) is 0 Å². The van der Waals surface area contributed by atoms with Gasteiger partial charge in [-0.15, -0.1) is 0 Å². The number of aliphatic carboxylic acids is 1. The van der Waals surface area contributed by atoms with E-state index in [-0.39, 0.29) is 0 Å². The van der Waals surface area contributed by atoms with E-state index in [0.29, 0.717) is 18.2 Å². The van der Waals surface area contributed by atoms with E-state index in [1.54, 1.807) is 0 Å². The average Bonchev–Trinajstić information content (AvgIpc) is 2.21. The molecule has 1 unspecified atom stereocenters. The molecule has 0 heterocycles. The number of halogens is 5. The minimum atomic E-state index is -5.31. The Kier molecular flexibility index (Phi) is 4.07. The Morgan fingerprint density at radius 3 is 1.95 bits per heavy atom. The Hall–Kier alpha value is -2.19. The maximum atomic E-state index is 12.9. The predicted molar refractivity (Wildman–Crippen MR) is 50.9 cm³/mol. The fraction of sp³-hybridized carbons (Fsp3) is 0.200. The molecule has 19 heavy (non-hydrogen) atoms. The van der Waals surface area contributed by atoms with Crippen molar-refractivity contribution in [1.29, 1.82) is 0 Å². The number of carbonyl (C=O) groups is 2. The number of hydrogen-bond acceptors (Lipinski definition) is 2. The lowest BCUT2D eigenvalue weighted by atomic mass is 10.1. The summed E-state index contributed by atoms with van der Waals surface area (Å²) in [6.45, 7) is 0. The fourth-order valence-electron chi connectivity index (χ4n) is 1.24. The quantitative estimate of drug-likeness (QED) is 0.831. The van der Waals surface area contributed by atoms with Gasteiger partial charge in [-0.1, -0.05) is 0 Å². The van der Waals surface area contributed by atoms with Gasteiger partial charge in [-0.05, 0) is 17.7 Å². The molecule has 9 heteroatoms. The monoisotopic (exact) mass is 283 g/mol. The second-order valence-corrected chi connectivity index (χ2v) is 3.45. The van der Waals surface area contributed by atoms with Crippen LogP contribution in [0.4, 0.5) is 22.0 Å². The van der Waals surface area contributed by atoms with E-state index in [1.165, 1.54) is 0 Å². The summed E-state index contributed by atoms with van der Waals surface area (Å²) in [5.74, 6) is -6.77. The molecule has 0 aliphatic heterocycles. The third-order valence-electron chi connectivity index (χ3n) is 2.00. The standard InChI is InChI=1S/C10H6F5NO3/c11-5-1-4(2-6(12)3-5)7(8(17)18)16-9(19)10(13,14)15/h1-3,7H,(H,16,19)(H,17,18). The van der Waals surface area contributed by atoms with Gasteiger partial charge in [0.2, 0.25) is 0 Å². The van der Waals surface area contributed by atoms with Crippen LogP contribution in [0.25, 0.3) is 0 Å². The first-order valence-electron chi connectivity index (χ1n) is 4.67. The number of benzene rings is 1. The van der Waals surface area contributed by atoms with Crippen molar-refractivity contribution in [3.05, 3.63) is 35.4 Å². The summed E-state index contributed by atoms with van der Waals surface area (Å²) < 4.78 is 61.7. The van der Waals surface area contributed by atoms with E-state index >= 15 is 0 Å². The lowest BCUT2D eigenvalue weighted by Crippen LogP contribution is -2.41. The van der Waals surface area contributed by atoms with Crippen LogP contribution in [0.3, 0.4) is 0 Å². The Bertz CT molecular complexity index is 494. The van der Waals surface area contributed by atoms with Crippen molar-refractivity contribution in [2.75, 3.05) is 0 Å². The normalized spacial score (nSPS) is 12.9. The number of amides is 1. The lowest BCUT2D eigenvalue weighted by molar-refractivity contribution is -0.175. The maximum absolute atomic E-state index is 12.9. The van der Waals surface area contributed by atoms with Crippen LogP contribution in [0.2, 0.25) is 0 Å². The topological polar surface area (TPSA) is 66.4 Å². The first-order chi connectivity index (χ1) is 8.61. The molecule has 0 saturated heterocycles. The highest BCUT2D eigenvalue weighted by atomic mass is 19.4. The molecule has 1 aromatic rings. The van der Waals surface area contributed by atoms with Crippen LogP contribution in [-0.2, 0) is 9.59 Å². The minimum absolute atomic E-state index is 0.411. The largest absolute Gasteiger partial charge is 0.479 e.